The van der Waals surface area contributed by atoms with E-state index in [1.165, 1.54) is 10.6 Å². The maximum atomic E-state index is 3.35. The second kappa shape index (κ2) is 3.46. The minimum Gasteiger partial charge on any atom is -0.361 e. The average Bonchev–Trinajstić information content (AvgIpc) is 2.54. The summed E-state index contributed by atoms with van der Waals surface area (Å²) in [4.78, 5) is 2.45. The van der Waals surface area contributed by atoms with Crippen LogP contribution in [0.5, 0.6) is 0 Å². The zero-order valence-electron chi connectivity index (χ0n) is 7.34. The summed E-state index contributed by atoms with van der Waals surface area (Å²) >= 11 is 1.85. The molecule has 0 saturated carbocycles. The third kappa shape index (κ3) is 1.62. The average molecular weight is 182 g/mol. The van der Waals surface area contributed by atoms with E-state index < -0.39 is 0 Å². The largest absolute Gasteiger partial charge is 0.361 e. The second-order valence-electron chi connectivity index (χ2n) is 3.20. The van der Waals surface area contributed by atoms with Gasteiger partial charge in [0.1, 0.15) is 0 Å². The molecule has 66 valence electrons. The van der Waals surface area contributed by atoms with Crippen LogP contribution in [0.3, 0.4) is 0 Å². The standard InChI is InChI=1S/C9H14N2S/c1-8-6-9(12-7-8)11-4-2-10-3-5-11/h6-7,10H,2-5H2,1H3. The van der Waals surface area contributed by atoms with Gasteiger partial charge in [-0.15, -0.1) is 11.3 Å². The van der Waals surface area contributed by atoms with Crippen molar-refractivity contribution in [3.05, 3.63) is 17.0 Å². The molecular weight excluding hydrogens is 168 g/mol. The minimum atomic E-state index is 1.12. The van der Waals surface area contributed by atoms with Gasteiger partial charge in [0.05, 0.1) is 5.00 Å². The van der Waals surface area contributed by atoms with Crippen molar-refractivity contribution in [2.75, 3.05) is 31.1 Å². The van der Waals surface area contributed by atoms with Crippen LogP contribution in [0.4, 0.5) is 5.00 Å². The fraction of sp³-hybridized carbons (Fsp3) is 0.556. The van der Waals surface area contributed by atoms with E-state index in [4.69, 9.17) is 0 Å². The van der Waals surface area contributed by atoms with E-state index in [9.17, 15) is 0 Å². The van der Waals surface area contributed by atoms with Crippen molar-refractivity contribution in [1.82, 2.24) is 5.32 Å². The fourth-order valence-electron chi connectivity index (χ4n) is 1.47. The molecule has 0 radical (unpaired) electrons. The Kier molecular flexibility index (Phi) is 2.33. The highest BCUT2D eigenvalue weighted by atomic mass is 32.1. The zero-order chi connectivity index (χ0) is 8.39. The lowest BCUT2D eigenvalue weighted by molar-refractivity contribution is 0.592. The summed E-state index contributed by atoms with van der Waals surface area (Å²) in [7, 11) is 0. The van der Waals surface area contributed by atoms with E-state index in [1.54, 1.807) is 0 Å². The van der Waals surface area contributed by atoms with Crippen molar-refractivity contribution in [3.63, 3.8) is 0 Å². The van der Waals surface area contributed by atoms with Crippen LogP contribution in [0.1, 0.15) is 5.56 Å². The van der Waals surface area contributed by atoms with Crippen molar-refractivity contribution in [2.45, 2.75) is 6.92 Å². The van der Waals surface area contributed by atoms with Crippen LogP contribution < -0.4 is 10.2 Å². The van der Waals surface area contributed by atoms with E-state index in [0.717, 1.165) is 26.2 Å². The first-order chi connectivity index (χ1) is 5.86. The lowest BCUT2D eigenvalue weighted by Gasteiger charge is -2.27. The molecule has 0 spiro atoms. The molecule has 0 aromatic carbocycles. The highest BCUT2D eigenvalue weighted by molar-refractivity contribution is 7.14. The van der Waals surface area contributed by atoms with Crippen molar-refractivity contribution in [1.29, 1.82) is 0 Å². The number of nitrogens with one attached hydrogen (secondary N) is 1. The Balaban J connectivity index is 2.08. The molecule has 1 N–H and O–H groups in total. The molecule has 2 rings (SSSR count). The third-order valence-electron chi connectivity index (χ3n) is 2.15. The Hall–Kier alpha value is -0.540. The summed E-state index contributed by atoms with van der Waals surface area (Å²) in [6, 6.07) is 2.27. The molecule has 0 aliphatic carbocycles. The summed E-state index contributed by atoms with van der Waals surface area (Å²) < 4.78 is 0. The lowest BCUT2D eigenvalue weighted by atomic mass is 10.3. The quantitative estimate of drug-likeness (QED) is 0.707. The molecule has 2 nitrogen and oxygen atoms in total. The van der Waals surface area contributed by atoms with Gasteiger partial charge in [0.25, 0.3) is 0 Å². The zero-order valence-corrected chi connectivity index (χ0v) is 8.16. The third-order valence-corrected chi connectivity index (χ3v) is 3.25. The SMILES string of the molecule is Cc1csc(N2CCNCC2)c1. The number of aryl methyl sites for hydroxylation is 1. The first-order valence-electron chi connectivity index (χ1n) is 4.37. The Morgan fingerprint density at radius 2 is 2.17 bits per heavy atom. The van der Waals surface area contributed by atoms with Gasteiger partial charge >= 0.3 is 0 Å². The summed E-state index contributed by atoms with van der Waals surface area (Å²) in [6.07, 6.45) is 0. The molecule has 3 heteroatoms. The minimum absolute atomic E-state index is 1.12. The van der Waals surface area contributed by atoms with Gasteiger partial charge in [-0.3, -0.25) is 0 Å². The van der Waals surface area contributed by atoms with Crippen LogP contribution in [-0.4, -0.2) is 26.2 Å². The van der Waals surface area contributed by atoms with E-state index >= 15 is 0 Å². The highest BCUT2D eigenvalue weighted by Crippen LogP contribution is 2.24. The molecular formula is C9H14N2S. The van der Waals surface area contributed by atoms with Gasteiger partial charge in [-0.05, 0) is 23.9 Å². The monoisotopic (exact) mass is 182 g/mol. The molecule has 1 aromatic heterocycles. The number of thiophene rings is 1. The van der Waals surface area contributed by atoms with E-state index in [-0.39, 0.29) is 0 Å². The molecule has 0 bridgehead atoms. The van der Waals surface area contributed by atoms with E-state index in [1.807, 2.05) is 11.3 Å². The number of nitrogens with zero attached hydrogens (tertiary/aromatic N) is 1. The van der Waals surface area contributed by atoms with Gasteiger partial charge in [-0.25, -0.2) is 0 Å². The van der Waals surface area contributed by atoms with Crippen LogP contribution in [0.25, 0.3) is 0 Å². The number of hydrogen-bond acceptors (Lipinski definition) is 3. The number of piperazine rings is 1. The topological polar surface area (TPSA) is 15.3 Å². The predicted octanol–water partition coefficient (Wildman–Crippen LogP) is 1.47. The predicted molar refractivity (Wildman–Crippen MR) is 54.1 cm³/mol. The maximum Gasteiger partial charge on any atom is 0.0912 e. The van der Waals surface area contributed by atoms with Gasteiger partial charge in [-0.1, -0.05) is 0 Å². The fourth-order valence-corrected chi connectivity index (χ4v) is 2.43. The number of hydrogen-bond donors (Lipinski definition) is 1. The summed E-state index contributed by atoms with van der Waals surface area (Å²) in [6.45, 7) is 6.70. The highest BCUT2D eigenvalue weighted by Gasteiger charge is 2.10. The van der Waals surface area contributed by atoms with Crippen LogP contribution >= 0.6 is 11.3 Å². The first kappa shape index (κ1) is 8.08. The molecule has 0 unspecified atom stereocenters. The molecule has 1 aliphatic heterocycles. The van der Waals surface area contributed by atoms with Gasteiger partial charge in [0.15, 0.2) is 0 Å². The van der Waals surface area contributed by atoms with Gasteiger partial charge in [0.2, 0.25) is 0 Å². The van der Waals surface area contributed by atoms with Crippen molar-refractivity contribution < 1.29 is 0 Å². The lowest BCUT2D eigenvalue weighted by Crippen LogP contribution is -2.43. The smallest absolute Gasteiger partial charge is 0.0912 e. The molecule has 0 atom stereocenters. The maximum absolute atomic E-state index is 3.35. The van der Waals surface area contributed by atoms with Gasteiger partial charge in [-0.2, -0.15) is 0 Å². The van der Waals surface area contributed by atoms with E-state index in [2.05, 4.69) is 28.6 Å². The summed E-state index contributed by atoms with van der Waals surface area (Å²) in [5, 5.41) is 7.00. The number of anilines is 1. The molecule has 2 heterocycles. The molecule has 1 aromatic rings. The van der Waals surface area contributed by atoms with Crippen LogP contribution in [0.15, 0.2) is 11.4 Å². The molecule has 0 amide bonds. The van der Waals surface area contributed by atoms with Gasteiger partial charge < -0.3 is 10.2 Å². The van der Waals surface area contributed by atoms with Crippen LogP contribution in [0, 0.1) is 6.92 Å². The Bertz CT molecular complexity index is 251. The molecule has 12 heavy (non-hydrogen) atoms. The summed E-state index contributed by atoms with van der Waals surface area (Å²) in [5.41, 5.74) is 1.38. The Morgan fingerprint density at radius 1 is 1.42 bits per heavy atom. The second-order valence-corrected chi connectivity index (χ2v) is 4.09. The van der Waals surface area contributed by atoms with Crippen LogP contribution in [0.2, 0.25) is 0 Å². The van der Waals surface area contributed by atoms with Crippen molar-refractivity contribution in [2.24, 2.45) is 0 Å². The van der Waals surface area contributed by atoms with Crippen molar-refractivity contribution in [3.8, 4) is 0 Å². The number of rotatable bonds is 1. The summed E-state index contributed by atoms with van der Waals surface area (Å²) in [5.74, 6) is 0. The Labute approximate surface area is 77.2 Å². The molecule has 1 fully saturated rings. The van der Waals surface area contributed by atoms with E-state index in [0.29, 0.717) is 0 Å². The van der Waals surface area contributed by atoms with Gasteiger partial charge in [0, 0.05) is 26.2 Å². The molecule has 1 saturated heterocycles. The van der Waals surface area contributed by atoms with Crippen LogP contribution in [-0.2, 0) is 0 Å². The Morgan fingerprint density at radius 3 is 2.75 bits per heavy atom. The van der Waals surface area contributed by atoms with Crippen molar-refractivity contribution >= 4 is 16.3 Å². The normalized spacial score (nSPS) is 18.2. The molecule has 1 aliphatic rings. The first-order valence-corrected chi connectivity index (χ1v) is 5.25.